The van der Waals surface area contributed by atoms with Gasteiger partial charge in [-0.05, 0) is 50.5 Å². The zero-order chi connectivity index (χ0) is 34.0. The first-order valence-electron chi connectivity index (χ1n) is 13.1. The van der Waals surface area contributed by atoms with Crippen molar-refractivity contribution in [3.05, 3.63) is 0 Å². The zero-order valence-corrected chi connectivity index (χ0v) is 24.8. The molecule has 18 heteroatoms. The van der Waals surface area contributed by atoms with E-state index in [4.69, 9.17) is 54.2 Å². The second kappa shape index (κ2) is 27.6. The quantitative estimate of drug-likeness (QED) is 0.0631. The maximum Gasteiger partial charge on any atom is 0.320 e. The zero-order valence-electron chi connectivity index (χ0n) is 24.8. The summed E-state index contributed by atoms with van der Waals surface area (Å²) in [5.74, 6) is -4.14. The van der Waals surface area contributed by atoms with Crippen LogP contribution in [0.4, 0.5) is 0 Å². The normalized spacial score (nSPS) is 15.3. The van der Waals surface area contributed by atoms with Gasteiger partial charge in [0.1, 0.15) is 24.2 Å². The van der Waals surface area contributed by atoms with Gasteiger partial charge in [0.25, 0.3) is 0 Å². The summed E-state index contributed by atoms with van der Waals surface area (Å²) in [5.41, 5.74) is 30.3. The molecular weight excluding hydrogens is 560 g/mol. The van der Waals surface area contributed by atoms with Crippen LogP contribution in [-0.4, -0.2) is 105 Å². The Morgan fingerprint density at radius 2 is 1.33 bits per heavy atom. The van der Waals surface area contributed by atoms with Gasteiger partial charge in [-0.15, -0.1) is 0 Å². The van der Waals surface area contributed by atoms with Crippen molar-refractivity contribution in [3.63, 3.8) is 0 Å². The van der Waals surface area contributed by atoms with Gasteiger partial charge in [-0.2, -0.15) is 0 Å². The fraction of sp³-hybridized carbons (Fsp3) is 0.750. The summed E-state index contributed by atoms with van der Waals surface area (Å²) in [6, 6.07) is -2.49. The SMILES string of the molecule is CC(C)C[C@H](N)C(=O)O.CC(C)[C@H](N)C(=O)O.NC(N)=NCCC[C@H](N)C(=O)O.NCC(=O)O.O=C(O)[C@@H]1CCCN1. The number of aliphatic imine (C=N–C) groups is 1. The van der Waals surface area contributed by atoms with E-state index in [2.05, 4.69) is 16.0 Å². The van der Waals surface area contributed by atoms with Gasteiger partial charge in [0.05, 0.1) is 6.54 Å². The Bertz CT molecular complexity index is 790. The Morgan fingerprint density at radius 3 is 1.52 bits per heavy atom. The van der Waals surface area contributed by atoms with Gasteiger partial charge in [0.2, 0.25) is 0 Å². The largest absolute Gasteiger partial charge is 0.480 e. The van der Waals surface area contributed by atoms with E-state index < -0.39 is 48.0 Å². The summed E-state index contributed by atoms with van der Waals surface area (Å²) in [6.45, 7) is 8.45. The highest BCUT2D eigenvalue weighted by Crippen LogP contribution is 2.03. The number of nitrogens with one attached hydrogen (secondary N) is 1. The molecule has 4 atom stereocenters. The lowest BCUT2D eigenvalue weighted by molar-refractivity contribution is -0.140. The average Bonchev–Trinajstić information content (AvgIpc) is 3.42. The standard InChI is InChI=1S/C6H14N4O2.C6H13NO2.C5H9NO2.C5H11NO2.C2H5NO2/c7-4(5(11)12)2-1-3-10-6(8)9;1-4(2)3-5(7)6(8)9;7-5(8)4-2-1-3-6-4;1-3(2)4(6)5(7)8;3-1-2(4)5/h4H,1-3,7H2,(H,11,12)(H4,8,9,10);4-5H,3,7H2,1-2H3,(H,8,9);4,6H,1-3H2,(H,7,8);3-4H,6H2,1-2H3,(H,7,8);1,3H2,(H,4,5)/t4-;5-;2*4-;/m0000./s1. The molecule has 0 amide bonds. The number of aliphatic carboxylic acids is 5. The third-order valence-electron chi connectivity index (χ3n) is 4.86. The van der Waals surface area contributed by atoms with Gasteiger partial charge in [0.15, 0.2) is 5.96 Å². The second-order valence-electron chi connectivity index (χ2n) is 9.66. The van der Waals surface area contributed by atoms with E-state index in [-0.39, 0.29) is 24.5 Å². The highest BCUT2D eigenvalue weighted by Gasteiger charge is 2.20. The van der Waals surface area contributed by atoms with Crippen LogP contribution in [0.15, 0.2) is 4.99 Å². The minimum absolute atomic E-state index is 0.0129. The van der Waals surface area contributed by atoms with Crippen LogP contribution in [0.2, 0.25) is 0 Å². The highest BCUT2D eigenvalue weighted by molar-refractivity contribution is 5.76. The summed E-state index contributed by atoms with van der Waals surface area (Å²) in [6.07, 6.45) is 3.29. The lowest BCUT2D eigenvalue weighted by Gasteiger charge is -2.07. The summed E-state index contributed by atoms with van der Waals surface area (Å²) in [7, 11) is 0. The van der Waals surface area contributed by atoms with Crippen molar-refractivity contribution in [1.29, 1.82) is 0 Å². The minimum Gasteiger partial charge on any atom is -0.480 e. The Labute approximate surface area is 245 Å². The van der Waals surface area contributed by atoms with E-state index in [1.807, 2.05) is 13.8 Å². The number of carboxylic acids is 5. The Balaban J connectivity index is -0.000000220. The Kier molecular flexibility index (Phi) is 29.8. The summed E-state index contributed by atoms with van der Waals surface area (Å²) >= 11 is 0. The molecule has 1 aliphatic heterocycles. The minimum atomic E-state index is -1.00. The van der Waals surface area contributed by atoms with Gasteiger partial charge >= 0.3 is 29.8 Å². The number of nitrogens with zero attached hydrogens (tertiary/aromatic N) is 1. The van der Waals surface area contributed by atoms with Crippen molar-refractivity contribution in [2.24, 2.45) is 51.2 Å². The van der Waals surface area contributed by atoms with E-state index in [0.717, 1.165) is 19.4 Å². The lowest BCUT2D eigenvalue weighted by Crippen LogP contribution is -2.34. The van der Waals surface area contributed by atoms with E-state index >= 15 is 0 Å². The number of nitrogens with two attached hydrogens (primary N) is 6. The number of hydrogen-bond acceptors (Lipinski definition) is 11. The first-order chi connectivity index (χ1) is 19.2. The van der Waals surface area contributed by atoms with Crippen LogP contribution in [-0.2, 0) is 24.0 Å². The number of rotatable bonds is 12. The number of carboxylic acid groups (broad SMARTS) is 5. The lowest BCUT2D eigenvalue weighted by atomic mass is 10.1. The predicted octanol–water partition coefficient (Wildman–Crippen LogP) is -2.20. The van der Waals surface area contributed by atoms with Gasteiger partial charge in [-0.25, -0.2) is 0 Å². The average molecular weight is 613 g/mol. The molecule has 0 aromatic rings. The molecule has 1 fully saturated rings. The predicted molar refractivity (Wildman–Crippen MR) is 156 cm³/mol. The van der Waals surface area contributed by atoms with E-state index in [1.54, 1.807) is 13.8 Å². The molecule has 0 radical (unpaired) electrons. The Morgan fingerprint density at radius 1 is 0.857 bits per heavy atom. The molecule has 1 saturated heterocycles. The van der Waals surface area contributed by atoms with Crippen LogP contribution in [0.25, 0.3) is 0 Å². The van der Waals surface area contributed by atoms with Gasteiger partial charge in [-0.3, -0.25) is 29.0 Å². The van der Waals surface area contributed by atoms with Crippen molar-refractivity contribution in [2.45, 2.75) is 84.0 Å². The van der Waals surface area contributed by atoms with E-state index in [1.165, 1.54) is 0 Å². The van der Waals surface area contributed by atoms with Crippen LogP contribution in [0.3, 0.4) is 0 Å². The smallest absolute Gasteiger partial charge is 0.320 e. The van der Waals surface area contributed by atoms with Crippen LogP contribution < -0.4 is 39.7 Å². The van der Waals surface area contributed by atoms with Gasteiger partial charge in [0, 0.05) is 6.54 Å². The maximum atomic E-state index is 10.2. The second-order valence-corrected chi connectivity index (χ2v) is 9.66. The van der Waals surface area contributed by atoms with Gasteiger partial charge < -0.3 is 65.3 Å². The maximum absolute atomic E-state index is 10.2. The van der Waals surface area contributed by atoms with Crippen molar-refractivity contribution in [3.8, 4) is 0 Å². The topological polar surface area (TPSA) is 367 Å². The molecule has 1 aliphatic rings. The molecule has 18 nitrogen and oxygen atoms in total. The van der Waals surface area contributed by atoms with Crippen molar-refractivity contribution in [2.75, 3.05) is 19.6 Å². The van der Waals surface area contributed by atoms with E-state index in [9.17, 15) is 24.0 Å². The molecule has 42 heavy (non-hydrogen) atoms. The molecule has 0 spiro atoms. The van der Waals surface area contributed by atoms with Crippen LogP contribution in [0.1, 0.15) is 59.8 Å². The fourth-order valence-corrected chi connectivity index (χ4v) is 2.43. The third-order valence-corrected chi connectivity index (χ3v) is 4.86. The van der Waals surface area contributed by atoms with Crippen molar-refractivity contribution in [1.82, 2.24) is 5.32 Å². The number of guanidine groups is 1. The van der Waals surface area contributed by atoms with Crippen LogP contribution in [0.5, 0.6) is 0 Å². The Hall–Kier alpha value is -3.58. The third kappa shape index (κ3) is 34.4. The molecule has 18 N–H and O–H groups in total. The highest BCUT2D eigenvalue weighted by atomic mass is 16.4. The van der Waals surface area contributed by atoms with Crippen molar-refractivity contribution < 1.29 is 49.5 Å². The summed E-state index contributed by atoms with van der Waals surface area (Å²) in [4.78, 5) is 53.4. The molecule has 0 bridgehead atoms. The number of hydrogen-bond donors (Lipinski definition) is 12. The number of carbonyl (C=O) groups is 5. The molecule has 0 aromatic carbocycles. The molecule has 0 saturated carbocycles. The molecule has 1 heterocycles. The van der Waals surface area contributed by atoms with Crippen LogP contribution in [0, 0.1) is 11.8 Å². The molecular formula is C24H52N8O10. The van der Waals surface area contributed by atoms with Crippen molar-refractivity contribution >= 4 is 35.8 Å². The molecule has 0 aromatic heterocycles. The summed E-state index contributed by atoms with van der Waals surface area (Å²) < 4.78 is 0. The van der Waals surface area contributed by atoms with Crippen LogP contribution >= 0.6 is 0 Å². The van der Waals surface area contributed by atoms with E-state index in [0.29, 0.717) is 31.7 Å². The molecule has 0 aliphatic carbocycles. The molecule has 1 rings (SSSR count). The fourth-order valence-electron chi connectivity index (χ4n) is 2.43. The molecule has 248 valence electrons. The van der Waals surface area contributed by atoms with Gasteiger partial charge in [-0.1, -0.05) is 27.7 Å². The first-order valence-corrected chi connectivity index (χ1v) is 13.1. The molecule has 0 unspecified atom stereocenters. The summed E-state index contributed by atoms with van der Waals surface area (Å²) in [5, 5.41) is 43.7. The first kappa shape index (κ1) is 45.4. The monoisotopic (exact) mass is 612 g/mol.